The lowest BCUT2D eigenvalue weighted by molar-refractivity contribution is 1.28. The van der Waals surface area contributed by atoms with Crippen LogP contribution >= 0.6 is 11.3 Å². The fourth-order valence-corrected chi connectivity index (χ4v) is 9.01. The van der Waals surface area contributed by atoms with E-state index < -0.39 is 0 Å². The van der Waals surface area contributed by atoms with Crippen molar-refractivity contribution in [2.45, 2.75) is 0 Å². The number of anilines is 3. The molecule has 1 heterocycles. The molecule has 1 aromatic heterocycles. The first kappa shape index (κ1) is 33.6. The molecule has 0 aliphatic carbocycles. The molecule has 10 rings (SSSR count). The molecule has 1 nitrogen and oxygen atoms in total. The average Bonchev–Trinajstić information content (AvgIpc) is 3.67. The molecule has 56 heavy (non-hydrogen) atoms. The molecule has 0 unspecified atom stereocenters. The summed E-state index contributed by atoms with van der Waals surface area (Å²) in [7, 11) is 0. The van der Waals surface area contributed by atoms with Crippen molar-refractivity contribution in [3.8, 4) is 55.6 Å². The summed E-state index contributed by atoms with van der Waals surface area (Å²) in [6, 6.07) is 81.2. The Morgan fingerprint density at radius 3 is 1.20 bits per heavy atom. The second-order valence-corrected chi connectivity index (χ2v) is 15.2. The second-order valence-electron chi connectivity index (χ2n) is 14.1. The third-order valence-corrected chi connectivity index (χ3v) is 11.8. The van der Waals surface area contributed by atoms with E-state index in [1.807, 2.05) is 11.3 Å². The topological polar surface area (TPSA) is 3.24 Å². The Morgan fingerprint density at radius 2 is 0.643 bits per heavy atom. The number of benzene rings is 9. The number of thiophene rings is 1. The highest BCUT2D eigenvalue weighted by Gasteiger charge is 2.15. The van der Waals surface area contributed by atoms with Gasteiger partial charge in [-0.25, -0.2) is 0 Å². The summed E-state index contributed by atoms with van der Waals surface area (Å²) < 4.78 is 2.65. The highest BCUT2D eigenvalue weighted by Crippen LogP contribution is 2.42. The molecule has 264 valence electrons. The molecule has 2 heteroatoms. The zero-order valence-corrected chi connectivity index (χ0v) is 31.5. The van der Waals surface area contributed by atoms with E-state index in [9.17, 15) is 0 Å². The van der Waals surface area contributed by atoms with Gasteiger partial charge in [0.05, 0.1) is 0 Å². The van der Waals surface area contributed by atoms with Gasteiger partial charge in [-0.05, 0) is 116 Å². The maximum Gasteiger partial charge on any atom is 0.0462 e. The van der Waals surface area contributed by atoms with Crippen LogP contribution in [-0.2, 0) is 0 Å². The Kier molecular flexibility index (Phi) is 8.79. The lowest BCUT2D eigenvalue weighted by atomic mass is 9.96. The monoisotopic (exact) mass is 731 g/mol. The van der Waals surface area contributed by atoms with Crippen LogP contribution in [0.4, 0.5) is 17.1 Å². The third kappa shape index (κ3) is 6.47. The Hall–Kier alpha value is -7.00. The van der Waals surface area contributed by atoms with Gasteiger partial charge in [0.15, 0.2) is 0 Å². The van der Waals surface area contributed by atoms with Crippen molar-refractivity contribution in [1.29, 1.82) is 0 Å². The Labute approximate surface area is 332 Å². The minimum absolute atomic E-state index is 1.10. The van der Waals surface area contributed by atoms with Gasteiger partial charge in [0, 0.05) is 37.2 Å². The molecule has 10 aromatic rings. The summed E-state index contributed by atoms with van der Waals surface area (Å²) in [6.45, 7) is 0. The largest absolute Gasteiger partial charge is 0.311 e. The van der Waals surface area contributed by atoms with Gasteiger partial charge in [0.25, 0.3) is 0 Å². The summed E-state index contributed by atoms with van der Waals surface area (Å²) in [6.07, 6.45) is 0. The van der Waals surface area contributed by atoms with Crippen molar-refractivity contribution in [2.24, 2.45) is 0 Å². The molecule has 0 fully saturated rings. The predicted molar refractivity (Wildman–Crippen MR) is 241 cm³/mol. The van der Waals surface area contributed by atoms with Gasteiger partial charge in [-0.2, -0.15) is 0 Å². The van der Waals surface area contributed by atoms with E-state index in [2.05, 4.69) is 229 Å². The van der Waals surface area contributed by atoms with Crippen LogP contribution in [-0.4, -0.2) is 0 Å². The lowest BCUT2D eigenvalue weighted by Gasteiger charge is -2.26. The zero-order valence-electron chi connectivity index (χ0n) is 30.7. The van der Waals surface area contributed by atoms with Crippen LogP contribution in [0.25, 0.3) is 75.8 Å². The predicted octanol–water partition coefficient (Wildman–Crippen LogP) is 15.9. The summed E-state index contributed by atoms with van der Waals surface area (Å²) in [5.74, 6) is 0. The van der Waals surface area contributed by atoms with Gasteiger partial charge < -0.3 is 4.90 Å². The van der Waals surface area contributed by atoms with E-state index in [1.165, 1.54) is 75.8 Å². The first-order chi connectivity index (χ1) is 27.7. The van der Waals surface area contributed by atoms with Crippen LogP contribution in [0, 0.1) is 0 Å². The molecule has 0 N–H and O–H groups in total. The molecule has 0 aliphatic heterocycles. The Bertz CT molecular complexity index is 2930. The molecule has 9 aromatic carbocycles. The standard InChI is InChI=1S/C54H37NS/c1-3-12-38(13-4-1)40-24-30-47(31-25-40)55(48-32-26-41(27-33-48)44-17-9-16-43(36-44)39-14-5-2-6-15-39)49-34-28-42(29-35-49)45-18-10-19-46(37-45)50-21-11-23-53-54(50)51-20-7-8-22-52(51)56-53/h1-37H. The molecular weight excluding hydrogens is 695 g/mol. The van der Waals surface area contributed by atoms with Crippen molar-refractivity contribution in [3.05, 3.63) is 224 Å². The van der Waals surface area contributed by atoms with Gasteiger partial charge in [-0.1, -0.05) is 164 Å². The average molecular weight is 732 g/mol. The highest BCUT2D eigenvalue weighted by molar-refractivity contribution is 7.25. The lowest BCUT2D eigenvalue weighted by Crippen LogP contribution is -2.09. The van der Waals surface area contributed by atoms with E-state index in [1.54, 1.807) is 0 Å². The molecule has 0 amide bonds. The number of hydrogen-bond donors (Lipinski definition) is 0. The van der Waals surface area contributed by atoms with Crippen LogP contribution in [0.5, 0.6) is 0 Å². The zero-order chi connectivity index (χ0) is 37.3. The summed E-state index contributed by atoms with van der Waals surface area (Å²) in [5.41, 5.74) is 15.4. The van der Waals surface area contributed by atoms with Gasteiger partial charge in [0.2, 0.25) is 0 Å². The van der Waals surface area contributed by atoms with E-state index in [4.69, 9.17) is 0 Å². The fourth-order valence-electron chi connectivity index (χ4n) is 7.88. The maximum absolute atomic E-state index is 2.35. The number of nitrogens with zero attached hydrogens (tertiary/aromatic N) is 1. The minimum Gasteiger partial charge on any atom is -0.311 e. The first-order valence-corrected chi connectivity index (χ1v) is 19.9. The van der Waals surface area contributed by atoms with E-state index in [0.29, 0.717) is 0 Å². The number of fused-ring (bicyclic) bond motifs is 3. The Balaban J connectivity index is 1.00. The number of rotatable bonds is 8. The molecule has 0 radical (unpaired) electrons. The van der Waals surface area contributed by atoms with Crippen LogP contribution in [0.2, 0.25) is 0 Å². The van der Waals surface area contributed by atoms with Gasteiger partial charge in [-0.3, -0.25) is 0 Å². The summed E-state index contributed by atoms with van der Waals surface area (Å²) >= 11 is 1.87. The SMILES string of the molecule is c1ccc(-c2ccc(N(c3ccc(-c4cccc(-c5ccccc5)c4)cc3)c3ccc(-c4cccc(-c5cccc6sc7ccccc7c56)c4)cc3)cc2)cc1. The van der Waals surface area contributed by atoms with Crippen molar-refractivity contribution < 1.29 is 0 Å². The quantitative estimate of drug-likeness (QED) is 0.150. The van der Waals surface area contributed by atoms with Crippen LogP contribution in [0.15, 0.2) is 224 Å². The normalized spacial score (nSPS) is 11.2. The van der Waals surface area contributed by atoms with Crippen molar-refractivity contribution in [3.63, 3.8) is 0 Å². The molecular formula is C54H37NS. The molecule has 0 saturated carbocycles. The van der Waals surface area contributed by atoms with Crippen molar-refractivity contribution >= 4 is 48.6 Å². The van der Waals surface area contributed by atoms with Crippen molar-refractivity contribution in [2.75, 3.05) is 4.90 Å². The highest BCUT2D eigenvalue weighted by atomic mass is 32.1. The first-order valence-electron chi connectivity index (χ1n) is 19.1. The molecule has 0 spiro atoms. The van der Waals surface area contributed by atoms with Gasteiger partial charge in [0.1, 0.15) is 0 Å². The van der Waals surface area contributed by atoms with Gasteiger partial charge in [-0.15, -0.1) is 11.3 Å². The Morgan fingerprint density at radius 1 is 0.268 bits per heavy atom. The molecule has 0 saturated heterocycles. The van der Waals surface area contributed by atoms with Crippen molar-refractivity contribution in [1.82, 2.24) is 0 Å². The summed E-state index contributed by atoms with van der Waals surface area (Å²) in [4.78, 5) is 2.35. The summed E-state index contributed by atoms with van der Waals surface area (Å²) in [5, 5.41) is 2.66. The van der Waals surface area contributed by atoms with Crippen LogP contribution < -0.4 is 4.90 Å². The van der Waals surface area contributed by atoms with E-state index in [-0.39, 0.29) is 0 Å². The van der Waals surface area contributed by atoms with E-state index in [0.717, 1.165) is 17.1 Å². The van der Waals surface area contributed by atoms with E-state index >= 15 is 0 Å². The number of hydrogen-bond acceptors (Lipinski definition) is 2. The fraction of sp³-hybridized carbons (Fsp3) is 0. The smallest absolute Gasteiger partial charge is 0.0462 e. The second kappa shape index (κ2) is 14.7. The molecule has 0 atom stereocenters. The minimum atomic E-state index is 1.10. The molecule has 0 aliphatic rings. The maximum atomic E-state index is 2.35. The molecule has 0 bridgehead atoms. The third-order valence-electron chi connectivity index (χ3n) is 10.7. The van der Waals surface area contributed by atoms with Crippen LogP contribution in [0.3, 0.4) is 0 Å². The van der Waals surface area contributed by atoms with Crippen LogP contribution in [0.1, 0.15) is 0 Å². The van der Waals surface area contributed by atoms with Gasteiger partial charge >= 0.3 is 0 Å².